The minimum Gasteiger partial charge on any atom is -0.506 e. The first kappa shape index (κ1) is 23.5. The molecule has 0 radical (unpaired) electrons. The quantitative estimate of drug-likeness (QED) is 0.257. The number of aromatic nitrogens is 2. The zero-order valence-corrected chi connectivity index (χ0v) is 19.7. The van der Waals surface area contributed by atoms with Crippen LogP contribution in [0.3, 0.4) is 0 Å². The summed E-state index contributed by atoms with van der Waals surface area (Å²) in [4.78, 5) is 19.9. The zero-order chi connectivity index (χ0) is 24.1. The number of benzene rings is 3. The number of hydrogen-bond donors (Lipinski definition) is 4. The average Bonchev–Trinajstić information content (AvgIpc) is 3.23. The smallest absolute Gasteiger partial charge is 0.262 e. The van der Waals surface area contributed by atoms with Gasteiger partial charge >= 0.3 is 0 Å². The van der Waals surface area contributed by atoms with Crippen molar-refractivity contribution in [1.29, 1.82) is 0 Å². The van der Waals surface area contributed by atoms with Crippen LogP contribution in [-0.2, 0) is 20.6 Å². The van der Waals surface area contributed by atoms with Crippen molar-refractivity contribution in [2.24, 2.45) is 0 Å². The van der Waals surface area contributed by atoms with Crippen LogP contribution in [0.4, 0.5) is 11.4 Å². The fraction of sp³-hybridized carbons (Fsp3) is 0.130. The molecule has 4 rings (SSSR count). The van der Waals surface area contributed by atoms with Crippen LogP contribution < -0.4 is 14.8 Å². The zero-order valence-electron chi connectivity index (χ0n) is 18.1. The Kier molecular flexibility index (Phi) is 6.94. The Morgan fingerprint density at radius 2 is 1.85 bits per heavy atom. The lowest BCUT2D eigenvalue weighted by Crippen LogP contribution is -2.16. The molecule has 4 N–H and O–H groups in total. The number of phenols is 1. The lowest BCUT2D eigenvalue weighted by molar-refractivity contribution is -0.113. The van der Waals surface area contributed by atoms with E-state index in [1.165, 1.54) is 37.1 Å². The topological polar surface area (TPSA) is 133 Å². The van der Waals surface area contributed by atoms with E-state index in [4.69, 9.17) is 4.74 Å². The van der Waals surface area contributed by atoms with E-state index < -0.39 is 10.0 Å². The molecule has 4 aromatic rings. The van der Waals surface area contributed by atoms with Crippen LogP contribution in [-0.4, -0.2) is 42.3 Å². The van der Waals surface area contributed by atoms with E-state index in [2.05, 4.69) is 20.0 Å². The highest BCUT2D eigenvalue weighted by Gasteiger charge is 2.19. The van der Waals surface area contributed by atoms with Crippen LogP contribution in [0.5, 0.6) is 11.5 Å². The number of fused-ring (bicyclic) bond motifs is 1. The largest absolute Gasteiger partial charge is 0.506 e. The molecule has 0 atom stereocenters. The molecular weight excluding hydrogens is 476 g/mol. The fourth-order valence-corrected chi connectivity index (χ4v) is 5.00. The van der Waals surface area contributed by atoms with Crippen LogP contribution in [0.1, 0.15) is 5.82 Å². The van der Waals surface area contributed by atoms with E-state index in [-0.39, 0.29) is 33.7 Å². The Hall–Kier alpha value is -3.70. The Morgan fingerprint density at radius 3 is 2.65 bits per heavy atom. The molecule has 0 aliphatic heterocycles. The van der Waals surface area contributed by atoms with Gasteiger partial charge in [-0.1, -0.05) is 24.3 Å². The van der Waals surface area contributed by atoms with Gasteiger partial charge in [0.25, 0.3) is 10.0 Å². The number of carbonyl (C=O) groups is 1. The Balaban J connectivity index is 1.40. The number of thioether (sulfide) groups is 1. The van der Waals surface area contributed by atoms with Gasteiger partial charge < -0.3 is 20.1 Å². The number of aromatic hydroxyl groups is 1. The number of nitrogens with zero attached hydrogens (tertiary/aromatic N) is 1. The molecule has 0 spiro atoms. The summed E-state index contributed by atoms with van der Waals surface area (Å²) in [5, 5.41) is 12.7. The number of para-hydroxylation sites is 4. The van der Waals surface area contributed by atoms with E-state index in [9.17, 15) is 18.3 Å². The Morgan fingerprint density at radius 1 is 1.09 bits per heavy atom. The minimum atomic E-state index is -4.00. The summed E-state index contributed by atoms with van der Waals surface area (Å²) in [5.74, 6) is 1.06. The first-order valence-electron chi connectivity index (χ1n) is 10.2. The summed E-state index contributed by atoms with van der Waals surface area (Å²) in [6.07, 6.45) is 0. The summed E-state index contributed by atoms with van der Waals surface area (Å²) in [6, 6.07) is 17.9. The number of phenolic OH excluding ortho intramolecular Hbond substituents is 1. The minimum absolute atomic E-state index is 0.00256. The van der Waals surface area contributed by atoms with Gasteiger partial charge in [0.05, 0.1) is 45.9 Å². The second-order valence-electron chi connectivity index (χ2n) is 7.23. The Labute approximate surface area is 200 Å². The van der Waals surface area contributed by atoms with Crippen LogP contribution in [0, 0.1) is 0 Å². The van der Waals surface area contributed by atoms with Gasteiger partial charge in [-0.05, 0) is 42.5 Å². The molecule has 0 aliphatic carbocycles. The number of hydrogen-bond acceptors (Lipinski definition) is 7. The normalized spacial score (nSPS) is 11.3. The van der Waals surface area contributed by atoms with Crippen LogP contribution in [0.15, 0.2) is 71.6 Å². The molecule has 3 aromatic carbocycles. The number of rotatable bonds is 9. The van der Waals surface area contributed by atoms with E-state index in [0.29, 0.717) is 11.5 Å². The van der Waals surface area contributed by atoms with Gasteiger partial charge in [0, 0.05) is 0 Å². The molecule has 176 valence electrons. The SMILES string of the molecule is COc1ccccc1NS(=O)(=O)c1ccc(O)c(NC(=O)CSCc2nc3ccccc3[nH]2)c1. The van der Waals surface area contributed by atoms with Crippen molar-refractivity contribution in [3.8, 4) is 11.5 Å². The summed E-state index contributed by atoms with van der Waals surface area (Å²) < 4.78 is 33.3. The van der Waals surface area contributed by atoms with Crippen LogP contribution in [0.2, 0.25) is 0 Å². The number of nitrogens with one attached hydrogen (secondary N) is 3. The van der Waals surface area contributed by atoms with Gasteiger partial charge in [0.15, 0.2) is 0 Å². The molecule has 34 heavy (non-hydrogen) atoms. The molecule has 0 fully saturated rings. The molecule has 0 saturated carbocycles. The van der Waals surface area contributed by atoms with Gasteiger partial charge in [-0.2, -0.15) is 0 Å². The number of ether oxygens (including phenoxy) is 1. The lowest BCUT2D eigenvalue weighted by Gasteiger charge is -2.13. The monoisotopic (exact) mass is 498 g/mol. The lowest BCUT2D eigenvalue weighted by atomic mass is 10.3. The second-order valence-corrected chi connectivity index (χ2v) is 9.89. The van der Waals surface area contributed by atoms with Crippen LogP contribution in [0.25, 0.3) is 11.0 Å². The van der Waals surface area contributed by atoms with Gasteiger partial charge in [0.1, 0.15) is 17.3 Å². The molecular formula is C23H22N4O5S2. The maximum Gasteiger partial charge on any atom is 0.262 e. The van der Waals surface area contributed by atoms with Gasteiger partial charge in [0.2, 0.25) is 5.91 Å². The number of anilines is 2. The first-order chi connectivity index (χ1) is 16.4. The summed E-state index contributed by atoms with van der Waals surface area (Å²) >= 11 is 1.34. The summed E-state index contributed by atoms with van der Waals surface area (Å²) in [6.45, 7) is 0. The average molecular weight is 499 g/mol. The number of aromatic amines is 1. The number of amides is 1. The third kappa shape index (κ3) is 5.43. The van der Waals surface area contributed by atoms with Gasteiger partial charge in [-0.25, -0.2) is 13.4 Å². The number of sulfonamides is 1. The van der Waals surface area contributed by atoms with Crippen molar-refractivity contribution in [1.82, 2.24) is 9.97 Å². The molecule has 0 aliphatic rings. The van der Waals surface area contributed by atoms with Crippen LogP contribution >= 0.6 is 11.8 Å². The summed E-state index contributed by atoms with van der Waals surface area (Å²) in [5.41, 5.74) is 2.04. The highest BCUT2D eigenvalue weighted by Crippen LogP contribution is 2.30. The van der Waals surface area contributed by atoms with E-state index >= 15 is 0 Å². The highest BCUT2D eigenvalue weighted by atomic mass is 32.2. The molecule has 0 unspecified atom stereocenters. The fourth-order valence-electron chi connectivity index (χ4n) is 3.22. The van der Waals surface area contributed by atoms with Crippen molar-refractivity contribution in [3.63, 3.8) is 0 Å². The third-order valence-electron chi connectivity index (χ3n) is 4.81. The van der Waals surface area contributed by atoms with Crippen molar-refractivity contribution in [2.75, 3.05) is 22.9 Å². The maximum atomic E-state index is 12.8. The summed E-state index contributed by atoms with van der Waals surface area (Å²) in [7, 11) is -2.56. The van der Waals surface area contributed by atoms with Gasteiger partial charge in [-0.3, -0.25) is 9.52 Å². The van der Waals surface area contributed by atoms with E-state index in [1.807, 2.05) is 24.3 Å². The predicted octanol–water partition coefficient (Wildman–Crippen LogP) is 3.95. The van der Waals surface area contributed by atoms with E-state index in [1.54, 1.807) is 24.3 Å². The molecule has 9 nitrogen and oxygen atoms in total. The maximum absolute atomic E-state index is 12.8. The highest BCUT2D eigenvalue weighted by molar-refractivity contribution is 7.99. The third-order valence-corrected chi connectivity index (χ3v) is 7.12. The number of carbonyl (C=O) groups excluding carboxylic acids is 1. The van der Waals surface area contributed by atoms with E-state index in [0.717, 1.165) is 16.9 Å². The number of methoxy groups -OCH3 is 1. The standard InChI is InChI=1S/C23H22N4O5S2/c1-32-21-9-5-4-8-18(21)27-34(30,31)15-10-11-20(28)19(12-15)26-23(29)14-33-13-22-24-16-6-2-3-7-17(16)25-22/h2-12,27-28H,13-14H2,1H3,(H,24,25)(H,26,29). The first-order valence-corrected chi connectivity index (χ1v) is 12.8. The van der Waals surface area contributed by atoms with Crippen molar-refractivity contribution in [3.05, 3.63) is 72.6 Å². The Bertz CT molecular complexity index is 1400. The molecule has 0 bridgehead atoms. The van der Waals surface area contributed by atoms with Gasteiger partial charge in [-0.15, -0.1) is 11.8 Å². The molecule has 1 amide bonds. The number of H-pyrrole nitrogens is 1. The molecule has 0 saturated heterocycles. The molecule has 1 aromatic heterocycles. The van der Waals surface area contributed by atoms with Crippen molar-refractivity contribution in [2.45, 2.75) is 10.6 Å². The molecule has 1 heterocycles. The predicted molar refractivity (Wildman–Crippen MR) is 133 cm³/mol. The molecule has 11 heteroatoms. The van der Waals surface area contributed by atoms with Crippen molar-refractivity contribution >= 4 is 50.1 Å². The second kappa shape index (κ2) is 10.1. The number of imidazole rings is 1. The van der Waals surface area contributed by atoms with Crippen molar-refractivity contribution < 1.29 is 23.1 Å².